The van der Waals surface area contributed by atoms with Gasteiger partial charge in [0.15, 0.2) is 0 Å². The number of hydrogen-bond acceptors (Lipinski definition) is 4. The monoisotopic (exact) mass is 471 g/mol. The molecule has 0 radical (unpaired) electrons. The maximum absolute atomic E-state index is 13.2. The molecule has 3 aromatic rings. The van der Waals surface area contributed by atoms with Crippen molar-refractivity contribution in [2.45, 2.75) is 19.8 Å². The molecule has 1 aliphatic rings. The third-order valence-electron chi connectivity index (χ3n) is 5.05. The van der Waals surface area contributed by atoms with Crippen LogP contribution in [0.3, 0.4) is 0 Å². The van der Waals surface area contributed by atoms with Crippen LogP contribution in [0.1, 0.15) is 38.4 Å². The summed E-state index contributed by atoms with van der Waals surface area (Å²) in [5.41, 5.74) is 2.03. The van der Waals surface area contributed by atoms with Crippen molar-refractivity contribution in [2.75, 3.05) is 22.1 Å². The van der Waals surface area contributed by atoms with Crippen molar-refractivity contribution in [3.63, 3.8) is 0 Å². The molecule has 0 unspecified atom stereocenters. The first-order valence-electron chi connectivity index (χ1n) is 9.91. The number of para-hydroxylation sites is 2. The molecule has 0 saturated carbocycles. The number of anilines is 3. The van der Waals surface area contributed by atoms with E-state index < -0.39 is 11.7 Å². The Kier molecular flexibility index (Phi) is 6.25. The van der Waals surface area contributed by atoms with Gasteiger partial charge in [0, 0.05) is 13.0 Å². The Hall–Kier alpha value is -3.23. The van der Waals surface area contributed by atoms with Crippen molar-refractivity contribution >= 4 is 57.0 Å². The normalized spacial score (nSPS) is 13.3. The van der Waals surface area contributed by atoms with Crippen LogP contribution in [0.4, 0.5) is 20.8 Å². The molecule has 1 fully saturated rings. The van der Waals surface area contributed by atoms with E-state index in [2.05, 4.69) is 10.6 Å². The van der Waals surface area contributed by atoms with Gasteiger partial charge in [0.25, 0.3) is 11.8 Å². The third-order valence-corrected chi connectivity index (χ3v) is 6.52. The minimum atomic E-state index is -0.534. The number of carbonyl (C=O) groups excluding carboxylic acids is 3. The van der Waals surface area contributed by atoms with E-state index >= 15 is 0 Å². The van der Waals surface area contributed by atoms with Gasteiger partial charge in [-0.25, -0.2) is 4.39 Å². The van der Waals surface area contributed by atoms with Gasteiger partial charge in [-0.2, -0.15) is 0 Å². The van der Waals surface area contributed by atoms with Gasteiger partial charge in [-0.3, -0.25) is 14.4 Å². The van der Waals surface area contributed by atoms with Gasteiger partial charge in [-0.1, -0.05) is 23.7 Å². The maximum atomic E-state index is 13.2. The van der Waals surface area contributed by atoms with Gasteiger partial charge in [0.2, 0.25) is 5.91 Å². The SMILES string of the molecule is Cc1cc(NC(=O)c2ccc(F)cc2Cl)sc1C(=O)Nc1ccccc1N1CCCC1=O. The van der Waals surface area contributed by atoms with E-state index in [0.717, 1.165) is 29.9 Å². The highest BCUT2D eigenvalue weighted by Crippen LogP contribution is 2.32. The fourth-order valence-electron chi connectivity index (χ4n) is 3.52. The van der Waals surface area contributed by atoms with E-state index in [0.29, 0.717) is 39.8 Å². The molecule has 9 heteroatoms. The number of carbonyl (C=O) groups is 3. The van der Waals surface area contributed by atoms with Gasteiger partial charge >= 0.3 is 0 Å². The van der Waals surface area contributed by atoms with Crippen molar-refractivity contribution in [2.24, 2.45) is 0 Å². The van der Waals surface area contributed by atoms with Crippen LogP contribution in [0, 0.1) is 12.7 Å². The third kappa shape index (κ3) is 4.51. The molecule has 3 amide bonds. The molecule has 2 N–H and O–H groups in total. The topological polar surface area (TPSA) is 78.5 Å². The van der Waals surface area contributed by atoms with Crippen molar-refractivity contribution in [1.82, 2.24) is 0 Å². The van der Waals surface area contributed by atoms with Crippen LogP contribution in [-0.2, 0) is 4.79 Å². The molecule has 2 aromatic carbocycles. The number of amides is 3. The van der Waals surface area contributed by atoms with Crippen LogP contribution in [0.15, 0.2) is 48.5 Å². The van der Waals surface area contributed by atoms with Crippen molar-refractivity contribution in [3.8, 4) is 0 Å². The highest BCUT2D eigenvalue weighted by molar-refractivity contribution is 7.18. The molecule has 1 aliphatic heterocycles. The molecule has 0 atom stereocenters. The van der Waals surface area contributed by atoms with Crippen LogP contribution in [-0.4, -0.2) is 24.3 Å². The quantitative estimate of drug-likeness (QED) is 0.517. The Bertz CT molecular complexity index is 1230. The summed E-state index contributed by atoms with van der Waals surface area (Å²) in [7, 11) is 0. The Labute approximate surface area is 193 Å². The standard InChI is InChI=1S/C23H19ClFN3O3S/c1-13-11-19(27-22(30)15-9-8-14(25)12-16(15)24)32-21(13)23(31)26-17-5-2-3-6-18(17)28-10-4-7-20(28)29/h2-3,5-6,8-9,11-12H,4,7,10H2,1H3,(H,26,31)(H,27,30). The zero-order valence-corrected chi connectivity index (χ0v) is 18.6. The number of halogens is 2. The van der Waals surface area contributed by atoms with Crippen LogP contribution < -0.4 is 15.5 Å². The van der Waals surface area contributed by atoms with Crippen LogP contribution in [0.5, 0.6) is 0 Å². The zero-order valence-electron chi connectivity index (χ0n) is 17.1. The summed E-state index contributed by atoms with van der Waals surface area (Å²) in [5.74, 6) is -1.34. The van der Waals surface area contributed by atoms with E-state index in [-0.39, 0.29) is 22.4 Å². The lowest BCUT2D eigenvalue weighted by atomic mass is 10.2. The van der Waals surface area contributed by atoms with Crippen molar-refractivity contribution in [3.05, 3.63) is 75.4 Å². The lowest BCUT2D eigenvalue weighted by Gasteiger charge is -2.19. The second kappa shape index (κ2) is 9.10. The molecule has 0 spiro atoms. The average molecular weight is 472 g/mol. The molecular formula is C23H19ClFN3O3S. The molecule has 32 heavy (non-hydrogen) atoms. The Balaban J connectivity index is 1.52. The van der Waals surface area contributed by atoms with Crippen LogP contribution in [0.25, 0.3) is 0 Å². The molecule has 0 bridgehead atoms. The van der Waals surface area contributed by atoms with Crippen LogP contribution >= 0.6 is 22.9 Å². The Morgan fingerprint density at radius 3 is 2.59 bits per heavy atom. The molecule has 1 saturated heterocycles. The molecule has 1 aromatic heterocycles. The van der Waals surface area contributed by atoms with E-state index in [1.54, 1.807) is 36.1 Å². The first-order chi connectivity index (χ1) is 15.3. The Morgan fingerprint density at radius 1 is 1.09 bits per heavy atom. The summed E-state index contributed by atoms with van der Waals surface area (Å²) in [6.45, 7) is 2.38. The van der Waals surface area contributed by atoms with Crippen molar-refractivity contribution < 1.29 is 18.8 Å². The van der Waals surface area contributed by atoms with E-state index in [4.69, 9.17) is 11.6 Å². The number of hydrogen-bond donors (Lipinski definition) is 2. The number of thiophene rings is 1. The predicted molar refractivity (Wildman–Crippen MR) is 124 cm³/mol. The maximum Gasteiger partial charge on any atom is 0.266 e. The fourth-order valence-corrected chi connectivity index (χ4v) is 4.73. The first-order valence-corrected chi connectivity index (χ1v) is 11.1. The molecule has 0 aliphatic carbocycles. The fraction of sp³-hybridized carbons (Fsp3) is 0.174. The van der Waals surface area contributed by atoms with E-state index in [1.807, 2.05) is 6.07 Å². The summed E-state index contributed by atoms with van der Waals surface area (Å²) < 4.78 is 13.2. The second-order valence-corrected chi connectivity index (χ2v) is 8.78. The largest absolute Gasteiger partial charge is 0.319 e. The van der Waals surface area contributed by atoms with Gasteiger partial charge in [-0.05, 0) is 55.3 Å². The molecule has 2 heterocycles. The molecular weight excluding hydrogens is 453 g/mol. The lowest BCUT2D eigenvalue weighted by Crippen LogP contribution is -2.25. The highest BCUT2D eigenvalue weighted by atomic mass is 35.5. The number of rotatable bonds is 5. The van der Waals surface area contributed by atoms with Gasteiger partial charge in [-0.15, -0.1) is 11.3 Å². The summed E-state index contributed by atoms with van der Waals surface area (Å²) in [5, 5.41) is 6.04. The van der Waals surface area contributed by atoms with Crippen LogP contribution in [0.2, 0.25) is 5.02 Å². The summed E-state index contributed by atoms with van der Waals surface area (Å²) >= 11 is 7.07. The number of aryl methyl sites for hydroxylation is 1. The number of nitrogens with zero attached hydrogens (tertiary/aromatic N) is 1. The second-order valence-electron chi connectivity index (χ2n) is 7.32. The smallest absolute Gasteiger partial charge is 0.266 e. The van der Waals surface area contributed by atoms with Gasteiger partial charge < -0.3 is 15.5 Å². The average Bonchev–Trinajstić information content (AvgIpc) is 3.33. The zero-order chi connectivity index (χ0) is 22.8. The van der Waals surface area contributed by atoms with E-state index in [9.17, 15) is 18.8 Å². The molecule has 4 rings (SSSR count). The van der Waals surface area contributed by atoms with E-state index in [1.165, 1.54) is 6.07 Å². The van der Waals surface area contributed by atoms with Gasteiger partial charge in [0.05, 0.1) is 31.8 Å². The number of benzene rings is 2. The Morgan fingerprint density at radius 2 is 1.88 bits per heavy atom. The summed E-state index contributed by atoms with van der Waals surface area (Å²) in [4.78, 5) is 39.7. The lowest BCUT2D eigenvalue weighted by molar-refractivity contribution is -0.117. The summed E-state index contributed by atoms with van der Waals surface area (Å²) in [6.07, 6.45) is 1.28. The molecule has 6 nitrogen and oxygen atoms in total. The summed E-state index contributed by atoms with van der Waals surface area (Å²) in [6, 6.07) is 12.4. The van der Waals surface area contributed by atoms with Crippen molar-refractivity contribution in [1.29, 1.82) is 0 Å². The minimum absolute atomic E-state index is 0.00168. The first kappa shape index (κ1) is 22.0. The minimum Gasteiger partial charge on any atom is -0.319 e. The molecule has 164 valence electrons. The predicted octanol–water partition coefficient (Wildman–Crippen LogP) is 5.48. The highest BCUT2D eigenvalue weighted by Gasteiger charge is 2.25. The van der Waals surface area contributed by atoms with Gasteiger partial charge in [0.1, 0.15) is 5.82 Å². The number of nitrogens with one attached hydrogen (secondary N) is 2.